The zero-order chi connectivity index (χ0) is 16.8. The third kappa shape index (κ3) is 4.29. The molecule has 0 unspecified atom stereocenters. The fraction of sp³-hybridized carbons (Fsp3) is 0.389. The third-order valence-electron chi connectivity index (χ3n) is 4.12. The van der Waals surface area contributed by atoms with E-state index in [1.54, 1.807) is 12.3 Å². The molecule has 0 radical (unpaired) electrons. The van der Waals surface area contributed by atoms with Gasteiger partial charge in [-0.3, -0.25) is 0 Å². The van der Waals surface area contributed by atoms with Crippen LogP contribution in [0, 0.1) is 0 Å². The van der Waals surface area contributed by atoms with E-state index in [-0.39, 0.29) is 12.1 Å². The maximum atomic E-state index is 12.0. The van der Waals surface area contributed by atoms with E-state index in [2.05, 4.69) is 39.8 Å². The highest BCUT2D eigenvalue weighted by atomic mass is 16.5. The predicted octanol–water partition coefficient (Wildman–Crippen LogP) is 2.68. The minimum Gasteiger partial charge on any atom is -0.467 e. The number of ether oxygens (including phenoxy) is 1. The van der Waals surface area contributed by atoms with Gasteiger partial charge in [-0.25, -0.2) is 4.79 Å². The molecule has 2 N–H and O–H groups in total. The number of rotatable bonds is 5. The first kappa shape index (κ1) is 16.4. The summed E-state index contributed by atoms with van der Waals surface area (Å²) in [6.45, 7) is 5.73. The van der Waals surface area contributed by atoms with Crippen LogP contribution >= 0.6 is 0 Å². The van der Waals surface area contributed by atoms with Crippen molar-refractivity contribution in [3.8, 4) is 0 Å². The molecule has 1 atom stereocenters. The lowest BCUT2D eigenvalue weighted by atomic mass is 10.1. The summed E-state index contributed by atoms with van der Waals surface area (Å²) in [5.74, 6) is 0.729. The number of nitrogens with zero attached hydrogens (tertiary/aromatic N) is 1. The molecule has 2 heterocycles. The van der Waals surface area contributed by atoms with Crippen LogP contribution in [-0.2, 0) is 11.3 Å². The summed E-state index contributed by atoms with van der Waals surface area (Å²) >= 11 is 0. The quantitative estimate of drug-likeness (QED) is 0.885. The number of morpholine rings is 1. The van der Waals surface area contributed by atoms with Crippen molar-refractivity contribution in [3.63, 3.8) is 0 Å². The predicted molar refractivity (Wildman–Crippen MR) is 92.0 cm³/mol. The maximum absolute atomic E-state index is 12.0. The minimum atomic E-state index is -0.212. The van der Waals surface area contributed by atoms with Crippen molar-refractivity contribution in [2.75, 3.05) is 31.2 Å². The zero-order valence-electron chi connectivity index (χ0n) is 13.8. The first-order valence-electron chi connectivity index (χ1n) is 8.22. The molecule has 24 heavy (non-hydrogen) atoms. The molecule has 0 saturated carbocycles. The van der Waals surface area contributed by atoms with Crippen LogP contribution in [0.3, 0.4) is 0 Å². The Morgan fingerprint density at radius 1 is 1.21 bits per heavy atom. The lowest BCUT2D eigenvalue weighted by Gasteiger charge is -2.29. The molecule has 2 amide bonds. The summed E-state index contributed by atoms with van der Waals surface area (Å²) in [6.07, 6.45) is 1.59. The molecule has 1 aliphatic heterocycles. The van der Waals surface area contributed by atoms with Crippen molar-refractivity contribution < 1.29 is 13.9 Å². The van der Waals surface area contributed by atoms with E-state index in [0.717, 1.165) is 37.6 Å². The Balaban J connectivity index is 1.50. The van der Waals surface area contributed by atoms with Gasteiger partial charge in [-0.2, -0.15) is 0 Å². The van der Waals surface area contributed by atoms with Gasteiger partial charge >= 0.3 is 6.03 Å². The monoisotopic (exact) mass is 329 g/mol. The van der Waals surface area contributed by atoms with Crippen LogP contribution in [0.15, 0.2) is 47.1 Å². The van der Waals surface area contributed by atoms with Crippen LogP contribution < -0.4 is 15.5 Å². The normalized spacial score (nSPS) is 15.8. The standard InChI is InChI=1S/C18H23N3O3/c1-14(20-18(22)19-13-17-3-2-10-24-17)15-4-6-16(7-5-15)21-8-11-23-12-9-21/h2-7,10,14H,8-9,11-13H2,1H3,(H2,19,20,22)/t14-/m1/s1. The second-order valence-corrected chi connectivity index (χ2v) is 5.82. The van der Waals surface area contributed by atoms with E-state index in [0.29, 0.717) is 6.54 Å². The molecular formula is C18H23N3O3. The summed E-state index contributed by atoms with van der Waals surface area (Å²) in [6, 6.07) is 11.7. The molecule has 6 heteroatoms. The zero-order valence-corrected chi connectivity index (χ0v) is 13.8. The molecule has 6 nitrogen and oxygen atoms in total. The van der Waals surface area contributed by atoms with Gasteiger partial charge in [0.2, 0.25) is 0 Å². The van der Waals surface area contributed by atoms with Crippen molar-refractivity contribution in [3.05, 3.63) is 54.0 Å². The number of furan rings is 1. The van der Waals surface area contributed by atoms with Gasteiger partial charge in [0.1, 0.15) is 5.76 Å². The number of urea groups is 1. The van der Waals surface area contributed by atoms with Crippen LogP contribution in [-0.4, -0.2) is 32.3 Å². The van der Waals surface area contributed by atoms with Crippen molar-refractivity contribution in [1.29, 1.82) is 0 Å². The van der Waals surface area contributed by atoms with Crippen molar-refractivity contribution in [2.45, 2.75) is 19.5 Å². The highest BCUT2D eigenvalue weighted by molar-refractivity contribution is 5.74. The van der Waals surface area contributed by atoms with Crippen LogP contribution in [0.25, 0.3) is 0 Å². The Bertz CT molecular complexity index is 634. The van der Waals surface area contributed by atoms with E-state index in [1.165, 1.54) is 5.69 Å². The molecule has 3 rings (SSSR count). The van der Waals surface area contributed by atoms with E-state index in [4.69, 9.17) is 9.15 Å². The van der Waals surface area contributed by atoms with Crippen LogP contribution in [0.2, 0.25) is 0 Å². The summed E-state index contributed by atoms with van der Waals surface area (Å²) in [5, 5.41) is 5.72. The minimum absolute atomic E-state index is 0.0691. The van der Waals surface area contributed by atoms with Gasteiger partial charge in [0.05, 0.1) is 32.1 Å². The summed E-state index contributed by atoms with van der Waals surface area (Å²) in [4.78, 5) is 14.3. The molecule has 1 aromatic carbocycles. The van der Waals surface area contributed by atoms with Gasteiger partial charge < -0.3 is 24.7 Å². The van der Waals surface area contributed by atoms with Gasteiger partial charge in [-0.1, -0.05) is 12.1 Å². The molecule has 0 bridgehead atoms. The number of amides is 2. The van der Waals surface area contributed by atoms with Gasteiger partial charge in [0, 0.05) is 18.8 Å². The Hall–Kier alpha value is -2.47. The molecule has 1 saturated heterocycles. The topological polar surface area (TPSA) is 66.7 Å². The number of carbonyl (C=O) groups is 1. The molecule has 1 aliphatic rings. The maximum Gasteiger partial charge on any atom is 0.315 e. The molecule has 2 aromatic rings. The van der Waals surface area contributed by atoms with Crippen molar-refractivity contribution in [1.82, 2.24) is 10.6 Å². The molecule has 1 aromatic heterocycles. The largest absolute Gasteiger partial charge is 0.467 e. The van der Waals surface area contributed by atoms with Gasteiger partial charge in [-0.15, -0.1) is 0 Å². The summed E-state index contributed by atoms with van der Waals surface area (Å²) < 4.78 is 10.6. The third-order valence-corrected chi connectivity index (χ3v) is 4.12. The first-order chi connectivity index (χ1) is 11.7. The van der Waals surface area contributed by atoms with E-state index >= 15 is 0 Å². The average molecular weight is 329 g/mol. The second-order valence-electron chi connectivity index (χ2n) is 5.82. The van der Waals surface area contributed by atoms with E-state index < -0.39 is 0 Å². The smallest absolute Gasteiger partial charge is 0.315 e. The second kappa shape index (κ2) is 7.88. The summed E-state index contributed by atoms with van der Waals surface area (Å²) in [7, 11) is 0. The molecular weight excluding hydrogens is 306 g/mol. The first-order valence-corrected chi connectivity index (χ1v) is 8.22. The van der Waals surface area contributed by atoms with Gasteiger partial charge in [0.25, 0.3) is 0 Å². The molecule has 128 valence electrons. The van der Waals surface area contributed by atoms with Crippen molar-refractivity contribution in [2.24, 2.45) is 0 Å². The van der Waals surface area contributed by atoms with Crippen LogP contribution in [0.5, 0.6) is 0 Å². The Kier molecular flexibility index (Phi) is 5.38. The average Bonchev–Trinajstić information content (AvgIpc) is 3.14. The Labute approximate surface area is 141 Å². The number of carbonyl (C=O) groups excluding carboxylic acids is 1. The van der Waals surface area contributed by atoms with Gasteiger partial charge in [0.15, 0.2) is 0 Å². The van der Waals surface area contributed by atoms with Crippen LogP contribution in [0.1, 0.15) is 24.3 Å². The fourth-order valence-corrected chi connectivity index (χ4v) is 2.71. The number of anilines is 1. The van der Waals surface area contributed by atoms with Gasteiger partial charge in [-0.05, 0) is 36.8 Å². The fourth-order valence-electron chi connectivity index (χ4n) is 2.71. The molecule has 0 spiro atoms. The SMILES string of the molecule is C[C@@H](NC(=O)NCc1ccco1)c1ccc(N2CCOCC2)cc1. The van der Waals surface area contributed by atoms with Crippen LogP contribution in [0.4, 0.5) is 10.5 Å². The molecule has 0 aliphatic carbocycles. The summed E-state index contributed by atoms with van der Waals surface area (Å²) in [5.41, 5.74) is 2.26. The highest BCUT2D eigenvalue weighted by Gasteiger charge is 2.13. The van der Waals surface area contributed by atoms with Crippen molar-refractivity contribution >= 4 is 11.7 Å². The lowest BCUT2D eigenvalue weighted by molar-refractivity contribution is 0.122. The number of benzene rings is 1. The number of hydrogen-bond donors (Lipinski definition) is 2. The van der Waals surface area contributed by atoms with E-state index in [9.17, 15) is 4.79 Å². The Morgan fingerprint density at radius 3 is 2.62 bits per heavy atom. The highest BCUT2D eigenvalue weighted by Crippen LogP contribution is 2.20. The van der Waals surface area contributed by atoms with E-state index in [1.807, 2.05) is 13.0 Å². The number of hydrogen-bond acceptors (Lipinski definition) is 4. The molecule has 1 fully saturated rings. The lowest BCUT2D eigenvalue weighted by Crippen LogP contribution is -2.37. The number of nitrogens with one attached hydrogen (secondary N) is 2. The Morgan fingerprint density at radius 2 is 1.96 bits per heavy atom.